The summed E-state index contributed by atoms with van der Waals surface area (Å²) >= 11 is 0. The molecule has 1 amide bonds. The summed E-state index contributed by atoms with van der Waals surface area (Å²) < 4.78 is 5.41. The summed E-state index contributed by atoms with van der Waals surface area (Å²) in [5, 5.41) is 6.86. The molecule has 2 heterocycles. The zero-order chi connectivity index (χ0) is 18.0. The Morgan fingerprint density at radius 2 is 1.89 bits per heavy atom. The zero-order valence-electron chi connectivity index (χ0n) is 15.6. The molecule has 0 spiro atoms. The minimum Gasteiger partial charge on any atom is -0.496 e. The first-order valence-corrected chi connectivity index (χ1v) is 9.41. The Balaban J connectivity index is 0.00000210. The van der Waals surface area contributed by atoms with E-state index in [-0.39, 0.29) is 29.8 Å². The van der Waals surface area contributed by atoms with E-state index >= 15 is 0 Å². The average Bonchev–Trinajstić information content (AvgIpc) is 3.29. The first kappa shape index (κ1) is 19.7. The van der Waals surface area contributed by atoms with Gasteiger partial charge in [-0.2, -0.15) is 0 Å². The monoisotopic (exact) mass is 386 g/mol. The number of carbonyl (C=O) groups is 1. The molecular weight excluding hydrogens is 360 g/mol. The summed E-state index contributed by atoms with van der Waals surface area (Å²) in [7, 11) is 1.66. The molecule has 2 aromatic rings. The Kier molecular flexibility index (Phi) is 6.08. The van der Waals surface area contributed by atoms with Crippen LogP contribution in [0.2, 0.25) is 0 Å². The summed E-state index contributed by atoms with van der Waals surface area (Å²) in [6, 6.07) is 19.0. The van der Waals surface area contributed by atoms with Gasteiger partial charge in [-0.3, -0.25) is 4.79 Å². The van der Waals surface area contributed by atoms with Gasteiger partial charge < -0.3 is 15.4 Å². The quantitative estimate of drug-likeness (QED) is 0.799. The van der Waals surface area contributed by atoms with Gasteiger partial charge in [0, 0.05) is 24.2 Å². The van der Waals surface area contributed by atoms with Crippen LogP contribution in [0.4, 0.5) is 0 Å². The van der Waals surface area contributed by atoms with Crippen LogP contribution in [-0.2, 0) is 17.8 Å². The van der Waals surface area contributed by atoms with Crippen LogP contribution in [0.1, 0.15) is 30.4 Å². The molecule has 2 saturated heterocycles. The fraction of sp³-hybridized carbons (Fsp3) is 0.409. The van der Waals surface area contributed by atoms with Crippen LogP contribution < -0.4 is 15.4 Å². The van der Waals surface area contributed by atoms with E-state index in [9.17, 15) is 4.79 Å². The van der Waals surface area contributed by atoms with Crippen molar-refractivity contribution in [1.29, 1.82) is 0 Å². The van der Waals surface area contributed by atoms with Crippen molar-refractivity contribution in [3.8, 4) is 5.75 Å². The molecule has 0 aromatic heterocycles. The summed E-state index contributed by atoms with van der Waals surface area (Å²) in [6.45, 7) is 0.497. The van der Waals surface area contributed by atoms with Gasteiger partial charge in [0.25, 0.3) is 0 Å². The van der Waals surface area contributed by atoms with Crippen molar-refractivity contribution in [3.63, 3.8) is 0 Å². The summed E-state index contributed by atoms with van der Waals surface area (Å²) in [5.41, 5.74) is 1.88. The van der Waals surface area contributed by atoms with Gasteiger partial charge in [0.1, 0.15) is 5.75 Å². The number of methoxy groups -OCH3 is 1. The van der Waals surface area contributed by atoms with E-state index in [0.29, 0.717) is 12.6 Å². The van der Waals surface area contributed by atoms with Crippen molar-refractivity contribution in [2.24, 2.45) is 5.41 Å². The molecule has 4 nitrogen and oxygen atoms in total. The number of ether oxygens (including phenoxy) is 1. The highest BCUT2D eigenvalue weighted by Gasteiger charge is 2.55. The summed E-state index contributed by atoms with van der Waals surface area (Å²) in [5.74, 6) is 0.975. The highest BCUT2D eigenvalue weighted by Crippen LogP contribution is 2.46. The third-order valence-electron chi connectivity index (χ3n) is 5.96. The van der Waals surface area contributed by atoms with Crippen molar-refractivity contribution in [2.45, 2.75) is 44.3 Å². The molecule has 2 aliphatic heterocycles. The van der Waals surface area contributed by atoms with Crippen LogP contribution in [-0.4, -0.2) is 25.1 Å². The molecule has 2 aromatic carbocycles. The lowest BCUT2D eigenvalue weighted by Crippen LogP contribution is -2.49. The number of rotatable bonds is 6. The van der Waals surface area contributed by atoms with Crippen LogP contribution in [0.5, 0.6) is 5.75 Å². The molecule has 2 N–H and O–H groups in total. The summed E-state index contributed by atoms with van der Waals surface area (Å²) in [4.78, 5) is 13.3. The lowest BCUT2D eigenvalue weighted by molar-refractivity contribution is -0.132. The molecule has 4 rings (SSSR count). The van der Waals surface area contributed by atoms with Crippen molar-refractivity contribution in [2.75, 3.05) is 7.11 Å². The van der Waals surface area contributed by atoms with Crippen LogP contribution in [0.15, 0.2) is 54.6 Å². The van der Waals surface area contributed by atoms with E-state index < -0.39 is 0 Å². The van der Waals surface area contributed by atoms with Gasteiger partial charge in [0.05, 0.1) is 12.5 Å². The molecule has 0 saturated carbocycles. The SMILES string of the molecule is COc1ccccc1CNC(=O)[C@]1(Cc2ccccc2)C[C@@H]2CC[C@H]1N2.Cl. The predicted octanol–water partition coefficient (Wildman–Crippen LogP) is 3.49. The molecule has 144 valence electrons. The van der Waals surface area contributed by atoms with Gasteiger partial charge in [-0.05, 0) is 37.3 Å². The van der Waals surface area contributed by atoms with E-state index in [2.05, 4.69) is 34.9 Å². The third-order valence-corrected chi connectivity index (χ3v) is 5.96. The second-order valence-corrected chi connectivity index (χ2v) is 7.51. The smallest absolute Gasteiger partial charge is 0.228 e. The van der Waals surface area contributed by atoms with Gasteiger partial charge in [-0.15, -0.1) is 12.4 Å². The molecule has 27 heavy (non-hydrogen) atoms. The highest BCUT2D eigenvalue weighted by molar-refractivity contribution is 5.85. The molecule has 5 heteroatoms. The first-order valence-electron chi connectivity index (χ1n) is 9.41. The number of nitrogens with one attached hydrogen (secondary N) is 2. The van der Waals surface area contributed by atoms with Gasteiger partial charge in [0.15, 0.2) is 0 Å². The largest absolute Gasteiger partial charge is 0.496 e. The molecular formula is C22H27ClN2O2. The number of halogens is 1. The van der Waals surface area contributed by atoms with E-state index in [1.807, 2.05) is 30.3 Å². The normalized spacial score (nSPS) is 25.7. The highest BCUT2D eigenvalue weighted by atomic mass is 35.5. The topological polar surface area (TPSA) is 50.4 Å². The minimum atomic E-state index is -0.355. The van der Waals surface area contributed by atoms with Crippen LogP contribution in [0.25, 0.3) is 0 Å². The average molecular weight is 387 g/mol. The van der Waals surface area contributed by atoms with Crippen molar-refractivity contribution < 1.29 is 9.53 Å². The first-order chi connectivity index (χ1) is 12.7. The summed E-state index contributed by atoms with van der Waals surface area (Å²) in [6.07, 6.45) is 3.98. The predicted molar refractivity (Wildman–Crippen MR) is 109 cm³/mol. The fourth-order valence-corrected chi connectivity index (χ4v) is 4.69. The standard InChI is InChI=1S/C22H26N2O2.ClH/c1-26-19-10-6-5-9-17(19)15-23-21(25)22(13-16-7-3-2-4-8-16)14-18-11-12-20(22)24-18;/h2-10,18,20,24H,11-15H2,1H3,(H,23,25);1H/t18-,20+,22+;/m0./s1. The number of fused-ring (bicyclic) bond motifs is 2. The van der Waals surface area contributed by atoms with Crippen LogP contribution in [0.3, 0.4) is 0 Å². The zero-order valence-corrected chi connectivity index (χ0v) is 16.4. The maximum Gasteiger partial charge on any atom is 0.228 e. The third kappa shape index (κ3) is 3.83. The number of hydrogen-bond donors (Lipinski definition) is 2. The molecule has 0 aliphatic carbocycles. The number of amides is 1. The Bertz CT molecular complexity index is 783. The van der Waals surface area contributed by atoms with Crippen molar-refractivity contribution in [3.05, 3.63) is 65.7 Å². The van der Waals surface area contributed by atoms with E-state index in [0.717, 1.165) is 30.6 Å². The van der Waals surface area contributed by atoms with Gasteiger partial charge in [0.2, 0.25) is 5.91 Å². The maximum atomic E-state index is 13.3. The Morgan fingerprint density at radius 3 is 2.56 bits per heavy atom. The van der Waals surface area contributed by atoms with E-state index in [1.54, 1.807) is 7.11 Å². The molecule has 2 aliphatic rings. The van der Waals surface area contributed by atoms with Crippen molar-refractivity contribution in [1.82, 2.24) is 10.6 Å². The second kappa shape index (κ2) is 8.32. The molecule has 0 radical (unpaired) electrons. The number of benzene rings is 2. The number of hydrogen-bond acceptors (Lipinski definition) is 3. The van der Waals surface area contributed by atoms with Gasteiger partial charge >= 0.3 is 0 Å². The Labute approximate surface area is 167 Å². The number of para-hydroxylation sites is 1. The molecule has 2 fully saturated rings. The van der Waals surface area contributed by atoms with Crippen molar-refractivity contribution >= 4 is 18.3 Å². The second-order valence-electron chi connectivity index (χ2n) is 7.51. The van der Waals surface area contributed by atoms with Gasteiger partial charge in [-0.1, -0.05) is 48.5 Å². The minimum absolute atomic E-state index is 0. The molecule has 3 atom stereocenters. The Hall–Kier alpha value is -2.04. The van der Waals surface area contributed by atoms with Crippen LogP contribution >= 0.6 is 12.4 Å². The molecule has 0 unspecified atom stereocenters. The van der Waals surface area contributed by atoms with Gasteiger partial charge in [-0.25, -0.2) is 0 Å². The molecule has 2 bridgehead atoms. The fourth-order valence-electron chi connectivity index (χ4n) is 4.69. The van der Waals surface area contributed by atoms with E-state index in [1.165, 1.54) is 12.0 Å². The Morgan fingerprint density at radius 1 is 1.15 bits per heavy atom. The lowest BCUT2D eigenvalue weighted by atomic mass is 9.69. The van der Waals surface area contributed by atoms with E-state index in [4.69, 9.17) is 4.74 Å². The van der Waals surface area contributed by atoms with Crippen LogP contribution in [0, 0.1) is 5.41 Å². The number of carbonyl (C=O) groups excluding carboxylic acids is 1. The maximum absolute atomic E-state index is 13.3. The lowest BCUT2D eigenvalue weighted by Gasteiger charge is -2.35.